The summed E-state index contributed by atoms with van der Waals surface area (Å²) in [5.74, 6) is -0.834. The second kappa shape index (κ2) is 6.43. The molecule has 2 aliphatic carbocycles. The monoisotopic (exact) mass is 284 g/mol. The normalized spacial score (nSPS) is 26.4. The average molecular weight is 284 g/mol. The maximum Gasteiger partial charge on any atom is 0.315 e. The summed E-state index contributed by atoms with van der Waals surface area (Å²) in [4.78, 5) is 22.1. The smallest absolute Gasteiger partial charge is 0.315 e. The van der Waals surface area contributed by atoms with E-state index in [1.807, 2.05) is 6.92 Å². The zero-order valence-electron chi connectivity index (χ0n) is 12.0. The lowest BCUT2D eigenvalue weighted by Gasteiger charge is -2.60. The summed E-state index contributed by atoms with van der Waals surface area (Å²) in [6.07, 6.45) is 5.18. The minimum absolute atomic E-state index is 0.0834. The molecule has 0 saturated heterocycles. The lowest BCUT2D eigenvalue weighted by atomic mass is 9.51. The molecule has 2 atom stereocenters. The van der Waals surface area contributed by atoms with E-state index in [-0.39, 0.29) is 23.9 Å². The minimum Gasteiger partial charge on any atom is -0.481 e. The number of rotatable bonds is 7. The van der Waals surface area contributed by atoms with Gasteiger partial charge < -0.3 is 20.5 Å². The van der Waals surface area contributed by atoms with Crippen LogP contribution in [0.3, 0.4) is 0 Å². The predicted octanol–water partition coefficient (Wildman–Crippen LogP) is 1.50. The molecular weight excluding hydrogens is 260 g/mol. The van der Waals surface area contributed by atoms with Crippen molar-refractivity contribution < 1.29 is 19.4 Å². The largest absolute Gasteiger partial charge is 0.481 e. The number of urea groups is 1. The van der Waals surface area contributed by atoms with Crippen molar-refractivity contribution in [2.45, 2.75) is 57.6 Å². The number of amides is 2. The zero-order valence-corrected chi connectivity index (χ0v) is 12.0. The topological polar surface area (TPSA) is 87.7 Å². The fourth-order valence-corrected chi connectivity index (χ4v) is 3.29. The van der Waals surface area contributed by atoms with Gasteiger partial charge in [0.25, 0.3) is 0 Å². The lowest BCUT2D eigenvalue weighted by Crippen LogP contribution is -2.68. The first kappa shape index (κ1) is 15.1. The van der Waals surface area contributed by atoms with Crippen LogP contribution in [0.15, 0.2) is 0 Å². The second-order valence-corrected chi connectivity index (χ2v) is 5.72. The molecule has 20 heavy (non-hydrogen) atoms. The number of carbonyl (C=O) groups is 2. The van der Waals surface area contributed by atoms with Gasteiger partial charge in [0.05, 0.1) is 6.10 Å². The van der Waals surface area contributed by atoms with E-state index in [1.165, 1.54) is 6.42 Å². The van der Waals surface area contributed by atoms with Gasteiger partial charge in [-0.3, -0.25) is 4.79 Å². The summed E-state index contributed by atoms with van der Waals surface area (Å²) in [7, 11) is 0. The summed E-state index contributed by atoms with van der Waals surface area (Å²) in [5.41, 5.74) is 0.161. The highest BCUT2D eigenvalue weighted by Gasteiger charge is 2.59. The van der Waals surface area contributed by atoms with E-state index < -0.39 is 5.97 Å². The number of hydrogen-bond acceptors (Lipinski definition) is 3. The van der Waals surface area contributed by atoms with Crippen molar-refractivity contribution >= 4 is 12.0 Å². The molecule has 0 aromatic rings. The Morgan fingerprint density at radius 3 is 2.70 bits per heavy atom. The summed E-state index contributed by atoms with van der Waals surface area (Å²) < 4.78 is 5.74. The number of carbonyl (C=O) groups excluding carboxylic acids is 1. The number of nitrogens with one attached hydrogen (secondary N) is 2. The van der Waals surface area contributed by atoms with Gasteiger partial charge in [-0.1, -0.05) is 6.42 Å². The molecule has 0 bridgehead atoms. The molecule has 2 rings (SSSR count). The Morgan fingerprint density at radius 1 is 1.40 bits per heavy atom. The summed E-state index contributed by atoms with van der Waals surface area (Å²) in [6, 6.07) is 0.00823. The summed E-state index contributed by atoms with van der Waals surface area (Å²) >= 11 is 0. The molecule has 6 heteroatoms. The molecule has 0 aromatic heterocycles. The van der Waals surface area contributed by atoms with Crippen LogP contribution in [-0.4, -0.2) is 42.4 Å². The fourth-order valence-electron chi connectivity index (χ4n) is 3.29. The Hall–Kier alpha value is -1.30. The lowest BCUT2D eigenvalue weighted by molar-refractivity contribution is -0.169. The van der Waals surface area contributed by atoms with Gasteiger partial charge in [-0.15, -0.1) is 0 Å². The molecule has 6 nitrogen and oxygen atoms in total. The first-order chi connectivity index (χ1) is 9.58. The van der Waals surface area contributed by atoms with Crippen LogP contribution in [-0.2, 0) is 9.53 Å². The van der Waals surface area contributed by atoms with Crippen molar-refractivity contribution in [1.29, 1.82) is 0 Å². The van der Waals surface area contributed by atoms with Gasteiger partial charge in [-0.25, -0.2) is 4.79 Å². The molecule has 0 aliphatic heterocycles. The third-order valence-corrected chi connectivity index (χ3v) is 4.60. The molecule has 2 fully saturated rings. The van der Waals surface area contributed by atoms with Gasteiger partial charge in [0.1, 0.15) is 0 Å². The van der Waals surface area contributed by atoms with E-state index in [4.69, 9.17) is 9.84 Å². The Kier molecular flexibility index (Phi) is 4.86. The molecule has 2 unspecified atom stereocenters. The van der Waals surface area contributed by atoms with Crippen molar-refractivity contribution in [2.75, 3.05) is 13.2 Å². The second-order valence-electron chi connectivity index (χ2n) is 5.72. The molecule has 1 spiro atoms. The Labute approximate surface area is 119 Å². The zero-order chi connectivity index (χ0) is 14.6. The van der Waals surface area contributed by atoms with Crippen molar-refractivity contribution in [2.24, 2.45) is 5.41 Å². The van der Waals surface area contributed by atoms with Crippen molar-refractivity contribution in [3.8, 4) is 0 Å². The van der Waals surface area contributed by atoms with Gasteiger partial charge in [0.2, 0.25) is 0 Å². The number of carboxylic acid groups (broad SMARTS) is 1. The van der Waals surface area contributed by atoms with E-state index in [1.54, 1.807) is 0 Å². The molecule has 2 aliphatic rings. The maximum absolute atomic E-state index is 11.8. The fraction of sp³-hybridized carbons (Fsp3) is 0.857. The molecule has 2 saturated carbocycles. The number of hydrogen-bond donors (Lipinski definition) is 3. The minimum atomic E-state index is -0.834. The number of carboxylic acids is 1. The van der Waals surface area contributed by atoms with Gasteiger partial charge in [-0.05, 0) is 32.6 Å². The summed E-state index contributed by atoms with van der Waals surface area (Å²) in [6.45, 7) is 3.12. The SMILES string of the molecule is CCOC1CC(NC(=O)NCCCC(=O)O)C12CCC2. The highest BCUT2D eigenvalue weighted by atomic mass is 16.5. The van der Waals surface area contributed by atoms with Crippen LogP contribution < -0.4 is 10.6 Å². The van der Waals surface area contributed by atoms with Crippen LogP contribution in [0.2, 0.25) is 0 Å². The van der Waals surface area contributed by atoms with Crippen LogP contribution in [0.4, 0.5) is 4.79 Å². The first-order valence-electron chi connectivity index (χ1n) is 7.46. The number of ether oxygens (including phenoxy) is 1. The molecule has 0 heterocycles. The summed E-state index contributed by atoms with van der Waals surface area (Å²) in [5, 5.41) is 14.2. The van der Waals surface area contributed by atoms with E-state index in [0.29, 0.717) is 19.1 Å². The van der Waals surface area contributed by atoms with Gasteiger partial charge in [0, 0.05) is 31.0 Å². The maximum atomic E-state index is 11.8. The van der Waals surface area contributed by atoms with Gasteiger partial charge in [0.15, 0.2) is 0 Å². The first-order valence-corrected chi connectivity index (χ1v) is 7.46. The third-order valence-electron chi connectivity index (χ3n) is 4.60. The molecule has 114 valence electrons. The molecule has 2 amide bonds. The van der Waals surface area contributed by atoms with Gasteiger partial charge in [-0.2, -0.15) is 0 Å². The third kappa shape index (κ3) is 3.06. The van der Waals surface area contributed by atoms with E-state index >= 15 is 0 Å². The molecule has 0 aromatic carbocycles. The van der Waals surface area contributed by atoms with Crippen molar-refractivity contribution in [3.05, 3.63) is 0 Å². The van der Waals surface area contributed by atoms with E-state index in [0.717, 1.165) is 25.9 Å². The molecular formula is C14H24N2O4. The van der Waals surface area contributed by atoms with E-state index in [9.17, 15) is 9.59 Å². The number of aliphatic carboxylic acids is 1. The van der Waals surface area contributed by atoms with Crippen LogP contribution in [0.1, 0.15) is 45.4 Å². The molecule has 3 N–H and O–H groups in total. The highest BCUT2D eigenvalue weighted by Crippen LogP contribution is 2.57. The van der Waals surface area contributed by atoms with Crippen LogP contribution in [0.5, 0.6) is 0 Å². The average Bonchev–Trinajstić information content (AvgIpc) is 2.31. The van der Waals surface area contributed by atoms with Crippen LogP contribution in [0.25, 0.3) is 0 Å². The van der Waals surface area contributed by atoms with Crippen LogP contribution >= 0.6 is 0 Å². The highest BCUT2D eigenvalue weighted by molar-refractivity contribution is 5.74. The predicted molar refractivity (Wildman–Crippen MR) is 73.5 cm³/mol. The van der Waals surface area contributed by atoms with Crippen molar-refractivity contribution in [1.82, 2.24) is 10.6 Å². The van der Waals surface area contributed by atoms with Gasteiger partial charge >= 0.3 is 12.0 Å². The Morgan fingerprint density at radius 2 is 2.15 bits per heavy atom. The molecule has 0 radical (unpaired) electrons. The van der Waals surface area contributed by atoms with E-state index in [2.05, 4.69) is 10.6 Å². The quantitative estimate of drug-likeness (QED) is 0.618. The Balaban J connectivity index is 1.68. The van der Waals surface area contributed by atoms with Crippen LogP contribution in [0, 0.1) is 5.41 Å². The standard InChI is InChI=1S/C14H24N2O4/c1-2-20-11-9-10(14(11)6-4-7-14)16-13(19)15-8-3-5-12(17)18/h10-11H,2-9H2,1H3,(H,17,18)(H2,15,16,19). The Bertz CT molecular complexity index is 368. The van der Waals surface area contributed by atoms with Crippen molar-refractivity contribution in [3.63, 3.8) is 0 Å².